The molecule has 2 rings (SSSR count). The molecule has 0 bridgehead atoms. The SMILES string of the molecule is CC(C)CN(CCCN(CC(C)C)C(=O)OC(C)(C)C)Cc1ccc2occc2c1. The Kier molecular flexibility index (Phi) is 8.78. The van der Waals surface area contributed by atoms with E-state index in [0.29, 0.717) is 18.4 Å². The van der Waals surface area contributed by atoms with E-state index in [4.69, 9.17) is 9.15 Å². The summed E-state index contributed by atoms with van der Waals surface area (Å²) >= 11 is 0. The molecule has 0 atom stereocenters. The molecule has 0 unspecified atom stereocenters. The Labute approximate surface area is 182 Å². The summed E-state index contributed by atoms with van der Waals surface area (Å²) in [5.41, 5.74) is 1.74. The monoisotopic (exact) mass is 416 g/mol. The van der Waals surface area contributed by atoms with Crippen LogP contribution in [0, 0.1) is 11.8 Å². The molecule has 0 saturated carbocycles. The number of fused-ring (bicyclic) bond motifs is 1. The highest BCUT2D eigenvalue weighted by Gasteiger charge is 2.22. The van der Waals surface area contributed by atoms with Crippen molar-refractivity contribution in [1.82, 2.24) is 9.80 Å². The van der Waals surface area contributed by atoms with Gasteiger partial charge in [-0.25, -0.2) is 4.79 Å². The van der Waals surface area contributed by atoms with Gasteiger partial charge in [-0.15, -0.1) is 0 Å². The van der Waals surface area contributed by atoms with E-state index < -0.39 is 5.60 Å². The molecule has 1 aromatic heterocycles. The third-order valence-electron chi connectivity index (χ3n) is 4.69. The standard InChI is InChI=1S/C25H40N2O3/c1-19(2)16-26(18-21-9-10-23-22(15-21)11-14-29-23)12-8-13-27(17-20(3)4)24(28)30-25(5,6)7/h9-11,14-15,19-20H,8,12-13,16-18H2,1-7H3. The van der Waals surface area contributed by atoms with Gasteiger partial charge in [0.2, 0.25) is 0 Å². The third kappa shape index (κ3) is 8.39. The molecule has 1 amide bonds. The number of benzene rings is 1. The minimum absolute atomic E-state index is 0.211. The lowest BCUT2D eigenvalue weighted by Crippen LogP contribution is -2.40. The van der Waals surface area contributed by atoms with Crippen molar-refractivity contribution in [2.24, 2.45) is 11.8 Å². The van der Waals surface area contributed by atoms with Crippen LogP contribution in [-0.4, -0.2) is 47.7 Å². The summed E-state index contributed by atoms with van der Waals surface area (Å²) in [6.45, 7) is 18.8. The maximum absolute atomic E-state index is 12.6. The Bertz CT molecular complexity index is 789. The molecule has 0 spiro atoms. The largest absolute Gasteiger partial charge is 0.464 e. The fraction of sp³-hybridized carbons (Fsp3) is 0.640. The second-order valence-corrected chi connectivity index (χ2v) is 10.1. The predicted molar refractivity (Wildman–Crippen MR) is 124 cm³/mol. The number of carbonyl (C=O) groups excluding carboxylic acids is 1. The Hall–Kier alpha value is -2.01. The molecule has 1 heterocycles. The molecular weight excluding hydrogens is 376 g/mol. The second-order valence-electron chi connectivity index (χ2n) is 10.1. The first-order valence-electron chi connectivity index (χ1n) is 11.2. The summed E-state index contributed by atoms with van der Waals surface area (Å²) in [4.78, 5) is 17.0. The number of furan rings is 1. The van der Waals surface area contributed by atoms with Crippen molar-refractivity contribution in [3.8, 4) is 0 Å². The molecule has 1 aromatic carbocycles. The number of rotatable bonds is 10. The molecule has 2 aromatic rings. The van der Waals surface area contributed by atoms with Crippen LogP contribution < -0.4 is 0 Å². The van der Waals surface area contributed by atoms with E-state index >= 15 is 0 Å². The summed E-state index contributed by atoms with van der Waals surface area (Å²) in [7, 11) is 0. The molecule has 168 valence electrons. The Morgan fingerprint density at radius 2 is 1.73 bits per heavy atom. The van der Waals surface area contributed by atoms with E-state index in [9.17, 15) is 4.79 Å². The lowest BCUT2D eigenvalue weighted by molar-refractivity contribution is 0.0220. The van der Waals surface area contributed by atoms with Crippen LogP contribution in [0.1, 0.15) is 60.5 Å². The van der Waals surface area contributed by atoms with Gasteiger partial charge in [0.05, 0.1) is 6.26 Å². The molecular formula is C25H40N2O3. The van der Waals surface area contributed by atoms with Crippen LogP contribution in [0.4, 0.5) is 4.79 Å². The van der Waals surface area contributed by atoms with E-state index in [0.717, 1.165) is 43.6 Å². The average Bonchev–Trinajstić information content (AvgIpc) is 3.06. The minimum atomic E-state index is -0.471. The maximum atomic E-state index is 12.6. The van der Waals surface area contributed by atoms with E-state index in [2.05, 4.69) is 44.7 Å². The number of hydrogen-bond acceptors (Lipinski definition) is 4. The van der Waals surface area contributed by atoms with Crippen molar-refractivity contribution >= 4 is 17.1 Å². The Balaban J connectivity index is 1.97. The van der Waals surface area contributed by atoms with Crippen LogP contribution in [0.5, 0.6) is 0 Å². The topological polar surface area (TPSA) is 45.9 Å². The molecule has 5 heteroatoms. The van der Waals surface area contributed by atoms with Crippen molar-refractivity contribution in [3.63, 3.8) is 0 Å². The smallest absolute Gasteiger partial charge is 0.410 e. The van der Waals surface area contributed by atoms with Gasteiger partial charge in [0, 0.05) is 38.1 Å². The summed E-state index contributed by atoms with van der Waals surface area (Å²) < 4.78 is 11.1. The minimum Gasteiger partial charge on any atom is -0.464 e. The van der Waals surface area contributed by atoms with Gasteiger partial charge in [-0.3, -0.25) is 4.90 Å². The fourth-order valence-corrected chi connectivity index (χ4v) is 3.63. The van der Waals surface area contributed by atoms with Crippen molar-refractivity contribution in [2.75, 3.05) is 26.2 Å². The molecule has 30 heavy (non-hydrogen) atoms. The summed E-state index contributed by atoms with van der Waals surface area (Å²) in [5, 5.41) is 1.14. The molecule has 0 fully saturated rings. The number of amides is 1. The van der Waals surface area contributed by atoms with E-state index in [1.807, 2.05) is 37.8 Å². The first kappa shape index (κ1) is 24.3. The highest BCUT2D eigenvalue weighted by molar-refractivity contribution is 5.77. The molecule has 0 aliphatic carbocycles. The van der Waals surface area contributed by atoms with Gasteiger partial charge in [0.15, 0.2) is 0 Å². The zero-order valence-corrected chi connectivity index (χ0v) is 19.9. The average molecular weight is 417 g/mol. The molecule has 5 nitrogen and oxygen atoms in total. The fourth-order valence-electron chi connectivity index (χ4n) is 3.63. The van der Waals surface area contributed by atoms with Gasteiger partial charge < -0.3 is 14.1 Å². The van der Waals surface area contributed by atoms with Crippen LogP contribution in [0.25, 0.3) is 11.0 Å². The van der Waals surface area contributed by atoms with E-state index in [1.54, 1.807) is 6.26 Å². The predicted octanol–water partition coefficient (Wildman–Crippen LogP) is 6.17. The highest BCUT2D eigenvalue weighted by atomic mass is 16.6. The molecule has 0 radical (unpaired) electrons. The van der Waals surface area contributed by atoms with Gasteiger partial charge in [0.25, 0.3) is 0 Å². The van der Waals surface area contributed by atoms with Gasteiger partial charge in [0.1, 0.15) is 11.2 Å². The quantitative estimate of drug-likeness (QED) is 0.464. The first-order valence-corrected chi connectivity index (χ1v) is 11.2. The van der Waals surface area contributed by atoms with Crippen LogP contribution in [0.2, 0.25) is 0 Å². The van der Waals surface area contributed by atoms with Crippen LogP contribution in [0.15, 0.2) is 34.9 Å². The van der Waals surface area contributed by atoms with Crippen molar-refractivity contribution in [3.05, 3.63) is 36.1 Å². The molecule has 0 aliphatic rings. The molecule has 0 aliphatic heterocycles. The summed E-state index contributed by atoms with van der Waals surface area (Å²) in [5.74, 6) is 0.992. The molecule has 0 saturated heterocycles. The highest BCUT2D eigenvalue weighted by Crippen LogP contribution is 2.19. The number of ether oxygens (including phenoxy) is 1. The van der Waals surface area contributed by atoms with Crippen molar-refractivity contribution in [1.29, 1.82) is 0 Å². The zero-order chi connectivity index (χ0) is 22.3. The third-order valence-corrected chi connectivity index (χ3v) is 4.69. The normalized spacial score (nSPS) is 12.3. The van der Waals surface area contributed by atoms with Gasteiger partial charge >= 0.3 is 6.09 Å². The van der Waals surface area contributed by atoms with Crippen LogP contribution in [0.3, 0.4) is 0 Å². The Morgan fingerprint density at radius 3 is 2.37 bits per heavy atom. The molecule has 0 N–H and O–H groups in total. The van der Waals surface area contributed by atoms with Gasteiger partial charge in [-0.1, -0.05) is 33.8 Å². The first-order chi connectivity index (χ1) is 14.0. The zero-order valence-electron chi connectivity index (χ0n) is 19.9. The van der Waals surface area contributed by atoms with Crippen LogP contribution in [-0.2, 0) is 11.3 Å². The van der Waals surface area contributed by atoms with Crippen molar-refractivity contribution < 1.29 is 13.9 Å². The van der Waals surface area contributed by atoms with E-state index in [1.165, 1.54) is 5.56 Å². The number of hydrogen-bond donors (Lipinski definition) is 0. The lowest BCUT2D eigenvalue weighted by atomic mass is 10.1. The summed E-state index contributed by atoms with van der Waals surface area (Å²) in [6.07, 6.45) is 2.45. The maximum Gasteiger partial charge on any atom is 0.410 e. The number of carbonyl (C=O) groups is 1. The Morgan fingerprint density at radius 1 is 1.03 bits per heavy atom. The van der Waals surface area contributed by atoms with Gasteiger partial charge in [-0.05, 0) is 62.8 Å². The van der Waals surface area contributed by atoms with Crippen LogP contribution >= 0.6 is 0 Å². The van der Waals surface area contributed by atoms with Crippen molar-refractivity contribution in [2.45, 2.75) is 67.0 Å². The second kappa shape index (κ2) is 10.9. The lowest BCUT2D eigenvalue weighted by Gasteiger charge is -2.30. The van der Waals surface area contributed by atoms with Gasteiger partial charge in [-0.2, -0.15) is 0 Å². The number of nitrogens with zero attached hydrogens (tertiary/aromatic N) is 2. The summed E-state index contributed by atoms with van der Waals surface area (Å²) in [6, 6.07) is 8.41. The van der Waals surface area contributed by atoms with E-state index in [-0.39, 0.29) is 6.09 Å².